The molecule has 0 radical (unpaired) electrons. The van der Waals surface area contributed by atoms with Crippen molar-refractivity contribution in [3.8, 4) is 0 Å². The number of benzene rings is 1. The molecule has 4 nitrogen and oxygen atoms in total. The van der Waals surface area contributed by atoms with E-state index in [1.807, 2.05) is 0 Å². The summed E-state index contributed by atoms with van der Waals surface area (Å²) in [5, 5.41) is 10.6. The van der Waals surface area contributed by atoms with Crippen molar-refractivity contribution in [1.29, 1.82) is 0 Å². The Kier molecular flexibility index (Phi) is 2.82. The highest BCUT2D eigenvalue weighted by Crippen LogP contribution is 2.24. The fourth-order valence-corrected chi connectivity index (χ4v) is 1.16. The molecule has 14 heavy (non-hydrogen) atoms. The number of nitrogens with zero attached hydrogens (tertiary/aromatic N) is 2. The largest absolute Gasteiger partial charge is 0.309 e. The van der Waals surface area contributed by atoms with E-state index >= 15 is 0 Å². The summed E-state index contributed by atoms with van der Waals surface area (Å²) in [7, 11) is 0. The third-order valence-corrected chi connectivity index (χ3v) is 2.11. The van der Waals surface area contributed by atoms with Crippen LogP contribution in [-0.2, 0) is 0 Å². The Hall–Kier alpha value is -1.89. The molecule has 0 saturated carbocycles. The number of nitro benzene ring substituents is 1. The maximum absolute atomic E-state index is 10.6. The van der Waals surface area contributed by atoms with Crippen LogP contribution in [0.3, 0.4) is 0 Å². The van der Waals surface area contributed by atoms with Gasteiger partial charge in [-0.2, -0.15) is 0 Å². The van der Waals surface area contributed by atoms with Gasteiger partial charge in [0.15, 0.2) is 0 Å². The van der Waals surface area contributed by atoms with Crippen LogP contribution in [0.5, 0.6) is 0 Å². The SMILES string of the molecule is [C-]#[N+]C(C)c1ccc(C)c([N+](=O)[O-])c1. The van der Waals surface area contributed by atoms with Crippen molar-refractivity contribution in [2.24, 2.45) is 0 Å². The lowest BCUT2D eigenvalue weighted by Crippen LogP contribution is -1.94. The van der Waals surface area contributed by atoms with E-state index in [4.69, 9.17) is 6.57 Å². The van der Waals surface area contributed by atoms with Crippen LogP contribution >= 0.6 is 0 Å². The van der Waals surface area contributed by atoms with Gasteiger partial charge in [-0.3, -0.25) is 10.1 Å². The standard InChI is InChI=1S/C10H10N2O2/c1-7-4-5-9(8(2)11-3)6-10(7)12(13)14/h4-6,8H,1-2H3. The van der Waals surface area contributed by atoms with Crippen molar-refractivity contribution in [3.63, 3.8) is 0 Å². The van der Waals surface area contributed by atoms with E-state index in [0.29, 0.717) is 11.1 Å². The van der Waals surface area contributed by atoms with Gasteiger partial charge in [-0.15, -0.1) is 0 Å². The highest BCUT2D eigenvalue weighted by molar-refractivity contribution is 5.43. The van der Waals surface area contributed by atoms with Crippen LogP contribution in [0.4, 0.5) is 5.69 Å². The summed E-state index contributed by atoms with van der Waals surface area (Å²) in [5.74, 6) is 0. The lowest BCUT2D eigenvalue weighted by Gasteiger charge is -2.01. The summed E-state index contributed by atoms with van der Waals surface area (Å²) >= 11 is 0. The van der Waals surface area contributed by atoms with Crippen LogP contribution in [0.1, 0.15) is 24.1 Å². The van der Waals surface area contributed by atoms with Gasteiger partial charge >= 0.3 is 0 Å². The molecular formula is C10H10N2O2. The first kappa shape index (κ1) is 10.2. The van der Waals surface area contributed by atoms with E-state index in [2.05, 4.69) is 4.85 Å². The van der Waals surface area contributed by atoms with E-state index in [9.17, 15) is 10.1 Å². The van der Waals surface area contributed by atoms with Gasteiger partial charge in [0.05, 0.1) is 4.92 Å². The minimum absolute atomic E-state index is 0.0815. The second-order valence-electron chi connectivity index (χ2n) is 3.11. The number of nitro groups is 1. The first-order valence-electron chi connectivity index (χ1n) is 4.17. The molecule has 72 valence electrons. The molecule has 0 aromatic heterocycles. The molecule has 1 aromatic rings. The number of hydrogen-bond acceptors (Lipinski definition) is 2. The van der Waals surface area contributed by atoms with Crippen LogP contribution in [0, 0.1) is 23.6 Å². The Morgan fingerprint density at radius 3 is 2.71 bits per heavy atom. The number of aryl methyl sites for hydroxylation is 1. The molecule has 0 aliphatic rings. The average molecular weight is 190 g/mol. The normalized spacial score (nSPS) is 11.8. The second kappa shape index (κ2) is 3.88. The summed E-state index contributed by atoms with van der Waals surface area (Å²) in [6.45, 7) is 10.2. The van der Waals surface area contributed by atoms with E-state index in [-0.39, 0.29) is 11.7 Å². The van der Waals surface area contributed by atoms with Crippen molar-refractivity contribution in [2.45, 2.75) is 19.9 Å². The molecule has 1 aromatic carbocycles. The maximum Gasteiger partial charge on any atom is 0.272 e. The third kappa shape index (κ3) is 1.88. The van der Waals surface area contributed by atoms with Crippen molar-refractivity contribution >= 4 is 5.69 Å². The Labute approximate surface area is 82.1 Å². The topological polar surface area (TPSA) is 47.5 Å². The lowest BCUT2D eigenvalue weighted by molar-refractivity contribution is -0.385. The average Bonchev–Trinajstić information content (AvgIpc) is 2.17. The molecule has 1 rings (SSSR count). The van der Waals surface area contributed by atoms with Gasteiger partial charge in [0, 0.05) is 24.1 Å². The van der Waals surface area contributed by atoms with Gasteiger partial charge in [0.25, 0.3) is 5.69 Å². The van der Waals surface area contributed by atoms with Crippen LogP contribution < -0.4 is 0 Å². The van der Waals surface area contributed by atoms with E-state index < -0.39 is 4.92 Å². The van der Waals surface area contributed by atoms with Crippen molar-refractivity contribution in [3.05, 3.63) is 50.9 Å². The maximum atomic E-state index is 10.6. The Morgan fingerprint density at radius 2 is 2.21 bits per heavy atom. The molecule has 1 unspecified atom stereocenters. The summed E-state index contributed by atoms with van der Waals surface area (Å²) in [4.78, 5) is 13.5. The highest BCUT2D eigenvalue weighted by atomic mass is 16.6. The fourth-order valence-electron chi connectivity index (χ4n) is 1.16. The molecule has 0 amide bonds. The zero-order valence-electron chi connectivity index (χ0n) is 8.02. The molecule has 0 aliphatic carbocycles. The minimum atomic E-state index is -0.421. The summed E-state index contributed by atoms with van der Waals surface area (Å²) in [6.07, 6.45) is 0. The molecule has 0 N–H and O–H groups in total. The summed E-state index contributed by atoms with van der Waals surface area (Å²) in [5.41, 5.74) is 1.39. The van der Waals surface area contributed by atoms with Gasteiger partial charge in [-0.1, -0.05) is 12.1 Å². The van der Waals surface area contributed by atoms with E-state index in [1.54, 1.807) is 26.0 Å². The van der Waals surface area contributed by atoms with Crippen molar-refractivity contribution in [1.82, 2.24) is 0 Å². The van der Waals surface area contributed by atoms with Gasteiger partial charge in [0.2, 0.25) is 6.04 Å². The van der Waals surface area contributed by atoms with Gasteiger partial charge in [-0.05, 0) is 6.92 Å². The predicted octanol–water partition coefficient (Wildman–Crippen LogP) is 2.88. The molecule has 0 fully saturated rings. The molecule has 0 spiro atoms. The quantitative estimate of drug-likeness (QED) is 0.409. The Bertz CT molecular complexity index is 407. The van der Waals surface area contributed by atoms with Gasteiger partial charge < -0.3 is 4.85 Å². The molecule has 4 heteroatoms. The Balaban J connectivity index is 3.21. The summed E-state index contributed by atoms with van der Waals surface area (Å²) in [6, 6.07) is 4.58. The zero-order valence-corrected chi connectivity index (χ0v) is 8.02. The molecular weight excluding hydrogens is 180 g/mol. The summed E-state index contributed by atoms with van der Waals surface area (Å²) < 4.78 is 0. The zero-order chi connectivity index (χ0) is 10.7. The molecule has 0 saturated heterocycles. The number of hydrogen-bond donors (Lipinski definition) is 0. The minimum Gasteiger partial charge on any atom is -0.309 e. The van der Waals surface area contributed by atoms with Crippen LogP contribution in [0.25, 0.3) is 4.85 Å². The lowest BCUT2D eigenvalue weighted by atomic mass is 10.1. The van der Waals surface area contributed by atoms with Crippen molar-refractivity contribution in [2.75, 3.05) is 0 Å². The molecule has 0 heterocycles. The third-order valence-electron chi connectivity index (χ3n) is 2.11. The van der Waals surface area contributed by atoms with Gasteiger partial charge in [0.1, 0.15) is 0 Å². The van der Waals surface area contributed by atoms with E-state index in [1.165, 1.54) is 6.07 Å². The first-order chi connectivity index (χ1) is 6.56. The van der Waals surface area contributed by atoms with Crippen LogP contribution in [0.2, 0.25) is 0 Å². The van der Waals surface area contributed by atoms with Crippen LogP contribution in [0.15, 0.2) is 18.2 Å². The smallest absolute Gasteiger partial charge is 0.272 e. The number of rotatable bonds is 2. The highest BCUT2D eigenvalue weighted by Gasteiger charge is 2.15. The molecule has 0 bridgehead atoms. The predicted molar refractivity (Wildman–Crippen MR) is 52.9 cm³/mol. The monoisotopic (exact) mass is 190 g/mol. The first-order valence-corrected chi connectivity index (χ1v) is 4.17. The van der Waals surface area contributed by atoms with Crippen LogP contribution in [-0.4, -0.2) is 4.92 Å². The molecule has 1 atom stereocenters. The Morgan fingerprint density at radius 1 is 1.57 bits per heavy atom. The fraction of sp³-hybridized carbons (Fsp3) is 0.300. The van der Waals surface area contributed by atoms with Gasteiger partial charge in [-0.25, -0.2) is 6.57 Å². The van der Waals surface area contributed by atoms with Crippen molar-refractivity contribution < 1.29 is 4.92 Å². The second-order valence-corrected chi connectivity index (χ2v) is 3.11. The molecule has 0 aliphatic heterocycles. The van der Waals surface area contributed by atoms with E-state index in [0.717, 1.165) is 0 Å².